The number of nitrogens with one attached hydrogen (secondary N) is 2. The Balaban J connectivity index is 0.707. The number of rotatable bonds is 10. The van der Waals surface area contributed by atoms with E-state index in [1.165, 1.54) is 19.3 Å². The molecule has 1 unspecified atom stereocenters. The van der Waals surface area contributed by atoms with Crippen LogP contribution in [0.15, 0.2) is 42.9 Å². The lowest BCUT2D eigenvalue weighted by atomic mass is 9.72. The molecule has 16 nitrogen and oxygen atoms in total. The van der Waals surface area contributed by atoms with Crippen LogP contribution in [0.5, 0.6) is 0 Å². The van der Waals surface area contributed by atoms with Crippen LogP contribution in [0.1, 0.15) is 146 Å². The van der Waals surface area contributed by atoms with Gasteiger partial charge < -0.3 is 34.4 Å². The Labute approximate surface area is 429 Å². The molecule has 5 saturated heterocycles. The number of fused-ring (bicyclic) bond motifs is 3. The number of amides is 5. The number of hydrogen-bond donors (Lipinski definition) is 2. The molecule has 0 radical (unpaired) electrons. The predicted molar refractivity (Wildman–Crippen MR) is 280 cm³/mol. The number of aromatic nitrogens is 4. The fraction of sp³-hybridized carbons (Fsp3) is 0.614. The number of benzene rings is 1. The number of imidazole rings is 1. The Morgan fingerprint density at radius 2 is 1.53 bits per heavy atom. The van der Waals surface area contributed by atoms with E-state index in [9.17, 15) is 19.2 Å². The molecule has 7 fully saturated rings. The van der Waals surface area contributed by atoms with Gasteiger partial charge in [-0.05, 0) is 146 Å². The Morgan fingerprint density at radius 3 is 2.22 bits per heavy atom. The molecule has 5 amide bonds. The van der Waals surface area contributed by atoms with Gasteiger partial charge in [-0.25, -0.2) is 15.0 Å². The third-order valence-electron chi connectivity index (χ3n) is 18.5. The van der Waals surface area contributed by atoms with Crippen molar-refractivity contribution in [2.75, 3.05) is 67.5 Å². The van der Waals surface area contributed by atoms with Gasteiger partial charge in [0.15, 0.2) is 5.82 Å². The Bertz CT molecular complexity index is 2840. The summed E-state index contributed by atoms with van der Waals surface area (Å²) in [7, 11) is 0. The van der Waals surface area contributed by atoms with Crippen molar-refractivity contribution in [1.29, 1.82) is 0 Å². The van der Waals surface area contributed by atoms with Crippen LogP contribution in [0.3, 0.4) is 0 Å². The molecule has 73 heavy (non-hydrogen) atoms. The lowest BCUT2D eigenvalue weighted by molar-refractivity contribution is -0.150. The van der Waals surface area contributed by atoms with E-state index in [1.807, 2.05) is 29.1 Å². The van der Waals surface area contributed by atoms with Crippen molar-refractivity contribution in [3.63, 3.8) is 0 Å². The molecule has 8 aliphatic rings. The SMILES string of the molecule is Cc1cc(C2CCC(=O)NC2=O)cnc1N1CCC(C(=O)N2CCC(C)(C(=O)N3CCC4(CC3)C(=O)N(C3CC(N5CCCCC5)C3)c3cc(-c5cc6ncn(C(C)C)c6c(NC6CC6)n5)ccc34)CC2)CC1. The summed E-state index contributed by atoms with van der Waals surface area (Å²) in [5.74, 6) is 1.33. The van der Waals surface area contributed by atoms with E-state index >= 15 is 4.79 Å². The molecule has 6 aliphatic heterocycles. The molecule has 16 heteroatoms. The maximum Gasteiger partial charge on any atom is 0.238 e. The quantitative estimate of drug-likeness (QED) is 0.154. The van der Waals surface area contributed by atoms with Crippen LogP contribution in [0.25, 0.3) is 22.3 Å². The third kappa shape index (κ3) is 8.66. The van der Waals surface area contributed by atoms with Gasteiger partial charge >= 0.3 is 0 Å². The van der Waals surface area contributed by atoms with Crippen molar-refractivity contribution in [3.8, 4) is 11.3 Å². The molecule has 0 bridgehead atoms. The van der Waals surface area contributed by atoms with Crippen LogP contribution in [0, 0.1) is 18.3 Å². The summed E-state index contributed by atoms with van der Waals surface area (Å²) in [6.07, 6.45) is 16.4. The molecule has 2 saturated carbocycles. The van der Waals surface area contributed by atoms with Crippen molar-refractivity contribution >= 4 is 57.9 Å². The van der Waals surface area contributed by atoms with Crippen LogP contribution < -0.4 is 20.4 Å². The normalized spacial score (nSPS) is 25.6. The summed E-state index contributed by atoms with van der Waals surface area (Å²) in [4.78, 5) is 94.1. The summed E-state index contributed by atoms with van der Waals surface area (Å²) in [5, 5.41) is 6.16. The highest BCUT2D eigenvalue weighted by molar-refractivity contribution is 6.09. The first-order valence-electron chi connectivity index (χ1n) is 27.8. The molecule has 386 valence electrons. The highest BCUT2D eigenvalue weighted by Crippen LogP contribution is 2.53. The number of pyridine rings is 2. The standard InChI is InChI=1S/C57H73N11O5/c1-35(2)67-34-59-46-32-45(61-50(49(46)67)60-40-9-10-40)38-8-12-44-47(29-38)68(42-30-41(31-42)63-20-6-5-7-21-63)55(73)57(44)18-26-66(27-19-57)54(72)56(4)16-24-65(25-17-56)53(71)37-14-22-64(23-15-37)51-36(3)28-39(33-58-51)43-11-13-48(69)62-52(43)70/h8,12,28-29,32-35,37,40-43H,5-7,9-11,13-27,30-31H2,1-4H3,(H,60,61)(H,62,69,70). The average molecular weight is 992 g/mol. The van der Waals surface area contributed by atoms with Gasteiger partial charge in [0.2, 0.25) is 29.5 Å². The maximum absolute atomic E-state index is 15.3. The monoisotopic (exact) mass is 992 g/mol. The van der Waals surface area contributed by atoms with E-state index in [0.29, 0.717) is 89.9 Å². The number of imide groups is 1. The Morgan fingerprint density at radius 1 is 0.808 bits per heavy atom. The average Bonchev–Trinajstić information content (AvgIpc) is 4.05. The summed E-state index contributed by atoms with van der Waals surface area (Å²) in [5.41, 5.74) is 6.44. The van der Waals surface area contributed by atoms with E-state index in [2.05, 4.69) is 74.9 Å². The van der Waals surface area contributed by atoms with Crippen LogP contribution >= 0.6 is 0 Å². The molecular formula is C57H73N11O5. The number of likely N-dealkylation sites (tertiary alicyclic amines) is 3. The minimum Gasteiger partial charge on any atom is -0.366 e. The van der Waals surface area contributed by atoms with Gasteiger partial charge in [-0.1, -0.05) is 31.5 Å². The first-order chi connectivity index (χ1) is 35.3. The number of carbonyl (C=O) groups is 5. The summed E-state index contributed by atoms with van der Waals surface area (Å²) < 4.78 is 2.20. The predicted octanol–water partition coefficient (Wildman–Crippen LogP) is 7.25. The maximum atomic E-state index is 15.3. The Hall–Kier alpha value is -5.90. The zero-order valence-corrected chi connectivity index (χ0v) is 43.3. The topological polar surface area (TPSA) is 169 Å². The smallest absolute Gasteiger partial charge is 0.238 e. The zero-order chi connectivity index (χ0) is 50.3. The molecule has 2 aliphatic carbocycles. The Kier molecular flexibility index (Phi) is 12.4. The van der Waals surface area contributed by atoms with Crippen LogP contribution in [-0.2, 0) is 29.4 Å². The van der Waals surface area contributed by atoms with E-state index < -0.39 is 10.8 Å². The van der Waals surface area contributed by atoms with Crippen molar-refractivity contribution in [2.24, 2.45) is 11.3 Å². The second-order valence-electron chi connectivity index (χ2n) is 23.6. The summed E-state index contributed by atoms with van der Waals surface area (Å²) in [6.45, 7) is 14.3. The fourth-order valence-corrected chi connectivity index (χ4v) is 13.7. The minimum absolute atomic E-state index is 0.0768. The molecule has 1 atom stereocenters. The minimum atomic E-state index is -0.687. The number of carbonyl (C=O) groups excluding carboxylic acids is 5. The van der Waals surface area contributed by atoms with E-state index in [4.69, 9.17) is 15.0 Å². The molecule has 1 aromatic carbocycles. The number of aryl methyl sites for hydroxylation is 1. The second kappa shape index (κ2) is 18.8. The third-order valence-corrected chi connectivity index (χ3v) is 18.5. The molecule has 3 aromatic heterocycles. The lowest BCUT2D eigenvalue weighted by Gasteiger charge is -2.48. The number of anilines is 3. The van der Waals surface area contributed by atoms with Crippen LogP contribution in [0.4, 0.5) is 17.3 Å². The van der Waals surface area contributed by atoms with Gasteiger partial charge in [-0.15, -0.1) is 0 Å². The molecule has 12 rings (SSSR count). The number of piperidine rings is 5. The molecule has 1 spiro atoms. The summed E-state index contributed by atoms with van der Waals surface area (Å²) in [6, 6.07) is 12.0. The van der Waals surface area contributed by atoms with E-state index in [-0.39, 0.29) is 53.5 Å². The summed E-state index contributed by atoms with van der Waals surface area (Å²) >= 11 is 0. The number of hydrogen-bond acceptors (Lipinski definition) is 11. The van der Waals surface area contributed by atoms with E-state index in [1.54, 1.807) is 6.20 Å². The zero-order valence-electron chi connectivity index (χ0n) is 43.3. The van der Waals surface area contributed by atoms with E-state index in [0.717, 1.165) is 108 Å². The van der Waals surface area contributed by atoms with Crippen LogP contribution in [0.2, 0.25) is 0 Å². The van der Waals surface area contributed by atoms with Gasteiger partial charge in [-0.3, -0.25) is 29.3 Å². The van der Waals surface area contributed by atoms with Gasteiger partial charge in [0.05, 0.1) is 28.9 Å². The van der Waals surface area contributed by atoms with Crippen molar-refractivity contribution in [2.45, 2.75) is 160 Å². The first kappa shape index (κ1) is 48.1. The van der Waals surface area contributed by atoms with Gasteiger partial charge in [0, 0.05) is 98.6 Å². The fourth-order valence-electron chi connectivity index (χ4n) is 13.7. The highest BCUT2D eigenvalue weighted by Gasteiger charge is 2.56. The largest absolute Gasteiger partial charge is 0.366 e. The van der Waals surface area contributed by atoms with Gasteiger partial charge in [-0.2, -0.15) is 0 Å². The van der Waals surface area contributed by atoms with Crippen LogP contribution in [-0.4, -0.2) is 134 Å². The van der Waals surface area contributed by atoms with Crippen molar-refractivity contribution in [1.82, 2.24) is 39.5 Å². The highest BCUT2D eigenvalue weighted by atomic mass is 16.2. The van der Waals surface area contributed by atoms with Gasteiger partial charge in [0.25, 0.3) is 0 Å². The van der Waals surface area contributed by atoms with Crippen molar-refractivity contribution in [3.05, 3.63) is 59.5 Å². The lowest BCUT2D eigenvalue weighted by Crippen LogP contribution is -2.59. The molecule has 9 heterocycles. The molecular weight excluding hydrogens is 919 g/mol. The first-order valence-corrected chi connectivity index (χ1v) is 27.8. The van der Waals surface area contributed by atoms with Crippen molar-refractivity contribution < 1.29 is 24.0 Å². The molecule has 2 N–H and O–H groups in total. The molecule has 4 aromatic rings. The number of nitrogens with zero attached hydrogens (tertiary/aromatic N) is 9. The van der Waals surface area contributed by atoms with Gasteiger partial charge in [0.1, 0.15) is 11.3 Å². The second-order valence-corrected chi connectivity index (χ2v) is 23.6.